The highest BCUT2D eigenvalue weighted by molar-refractivity contribution is 8.01. The van der Waals surface area contributed by atoms with Crippen molar-refractivity contribution < 1.29 is 19.1 Å². The van der Waals surface area contributed by atoms with Gasteiger partial charge in [-0.05, 0) is 23.3 Å². The molecule has 0 radical (unpaired) electrons. The summed E-state index contributed by atoms with van der Waals surface area (Å²) in [5.74, 6) is -0.939. The molecule has 2 aromatic rings. The fourth-order valence-corrected chi connectivity index (χ4v) is 6.29. The molecule has 4 rings (SSSR count). The lowest BCUT2D eigenvalue weighted by molar-refractivity contribution is -0.142. The number of hydrogen-bond donors (Lipinski definition) is 1. The lowest BCUT2D eigenvalue weighted by Gasteiger charge is -2.46. The summed E-state index contributed by atoms with van der Waals surface area (Å²) in [6.45, 7) is 0. The predicted octanol–water partition coefficient (Wildman–Crippen LogP) is 3.36. The van der Waals surface area contributed by atoms with Crippen LogP contribution in [0.4, 0.5) is 5.69 Å². The Morgan fingerprint density at radius 2 is 1.93 bits per heavy atom. The molecular formula is C22H21NO4S. The third kappa shape index (κ3) is 2.83. The molecular weight excluding hydrogens is 374 g/mol. The minimum atomic E-state index is -0.893. The van der Waals surface area contributed by atoms with Gasteiger partial charge in [-0.25, -0.2) is 0 Å². The number of methoxy groups -OCH3 is 1. The van der Waals surface area contributed by atoms with Gasteiger partial charge in [-0.15, -0.1) is 11.8 Å². The first-order chi connectivity index (χ1) is 13.6. The molecule has 2 heterocycles. The molecule has 144 valence electrons. The van der Waals surface area contributed by atoms with Crippen LogP contribution in [-0.2, 0) is 23.9 Å². The normalized spacial score (nSPS) is 28.5. The molecule has 0 bridgehead atoms. The van der Waals surface area contributed by atoms with Gasteiger partial charge in [0.25, 0.3) is 0 Å². The van der Waals surface area contributed by atoms with Crippen LogP contribution in [-0.4, -0.2) is 31.0 Å². The number of para-hydroxylation sites is 1. The van der Waals surface area contributed by atoms with Crippen LogP contribution in [0.25, 0.3) is 0 Å². The summed E-state index contributed by atoms with van der Waals surface area (Å²) in [5.41, 5.74) is 2.62. The molecule has 28 heavy (non-hydrogen) atoms. The first-order valence-corrected chi connectivity index (χ1v) is 10.2. The van der Waals surface area contributed by atoms with Gasteiger partial charge in [0.2, 0.25) is 5.91 Å². The number of anilines is 1. The van der Waals surface area contributed by atoms with Crippen LogP contribution in [0.3, 0.4) is 0 Å². The Bertz CT molecular complexity index is 916. The number of ether oxygens (including phenoxy) is 1. The topological polar surface area (TPSA) is 72.5 Å². The number of rotatable bonds is 4. The average Bonchev–Trinajstić information content (AvgIpc) is 3.01. The Balaban J connectivity index is 1.87. The zero-order valence-electron chi connectivity index (χ0n) is 15.5. The first kappa shape index (κ1) is 18.7. The Morgan fingerprint density at radius 3 is 2.64 bits per heavy atom. The fraction of sp³-hybridized carbons (Fsp3) is 0.318. The number of hydrogen-bond acceptors (Lipinski definition) is 5. The molecule has 0 aliphatic carbocycles. The lowest BCUT2D eigenvalue weighted by Crippen LogP contribution is -2.48. The van der Waals surface area contributed by atoms with E-state index >= 15 is 0 Å². The highest BCUT2D eigenvalue weighted by Gasteiger charge is 2.59. The number of thioether (sulfide) groups is 1. The number of nitrogens with one attached hydrogen (secondary N) is 1. The molecule has 2 aromatic carbocycles. The van der Waals surface area contributed by atoms with Crippen LogP contribution < -0.4 is 5.32 Å². The van der Waals surface area contributed by atoms with Crippen molar-refractivity contribution in [3.63, 3.8) is 0 Å². The summed E-state index contributed by atoms with van der Waals surface area (Å²) in [7, 11) is 1.35. The van der Waals surface area contributed by atoms with Crippen molar-refractivity contribution in [2.45, 2.75) is 17.1 Å². The molecule has 0 saturated carbocycles. The maximum atomic E-state index is 13.3. The number of carbonyl (C=O) groups excluding carboxylic acids is 3. The maximum absolute atomic E-state index is 13.3. The molecule has 2 aliphatic heterocycles. The van der Waals surface area contributed by atoms with E-state index in [2.05, 4.69) is 5.32 Å². The Kier molecular flexibility index (Phi) is 4.98. The van der Waals surface area contributed by atoms with Crippen molar-refractivity contribution in [1.29, 1.82) is 0 Å². The molecule has 2 aliphatic rings. The second-order valence-electron chi connectivity index (χ2n) is 7.19. The number of amides is 1. The second kappa shape index (κ2) is 7.43. The van der Waals surface area contributed by atoms with Crippen LogP contribution in [0.15, 0.2) is 54.6 Å². The van der Waals surface area contributed by atoms with Crippen LogP contribution in [0.5, 0.6) is 0 Å². The molecule has 4 unspecified atom stereocenters. The number of benzene rings is 2. The Morgan fingerprint density at radius 1 is 1.21 bits per heavy atom. The number of aldehydes is 1. The number of fused-ring (bicyclic) bond motifs is 2. The smallest absolute Gasteiger partial charge is 0.305 e. The summed E-state index contributed by atoms with van der Waals surface area (Å²) in [6, 6.07) is 17.3. The molecule has 1 amide bonds. The van der Waals surface area contributed by atoms with E-state index in [1.54, 1.807) is 0 Å². The molecule has 1 N–H and O–H groups in total. The van der Waals surface area contributed by atoms with Gasteiger partial charge in [-0.2, -0.15) is 0 Å². The zero-order chi connectivity index (χ0) is 19.7. The minimum Gasteiger partial charge on any atom is -0.469 e. The molecule has 6 heteroatoms. The van der Waals surface area contributed by atoms with Crippen molar-refractivity contribution >= 4 is 35.6 Å². The van der Waals surface area contributed by atoms with E-state index in [1.807, 2.05) is 54.6 Å². The van der Waals surface area contributed by atoms with Gasteiger partial charge >= 0.3 is 5.97 Å². The van der Waals surface area contributed by atoms with Gasteiger partial charge in [-0.3, -0.25) is 9.59 Å². The van der Waals surface area contributed by atoms with Gasteiger partial charge in [0.15, 0.2) is 0 Å². The summed E-state index contributed by atoms with van der Waals surface area (Å²) in [5, 5.41) is 3.00. The predicted molar refractivity (Wildman–Crippen MR) is 108 cm³/mol. The highest BCUT2D eigenvalue weighted by Crippen LogP contribution is 2.61. The summed E-state index contributed by atoms with van der Waals surface area (Å²) >= 11 is 1.53. The van der Waals surface area contributed by atoms with E-state index in [-0.39, 0.29) is 30.1 Å². The molecule has 0 aromatic heterocycles. The standard InChI is InChI=1S/C22H21NO4S/c1-27-19(25)11-15-13-28-22(17-9-5-6-10-18(17)23-21(22)26)20(16(15)12-24)14-7-3-2-4-8-14/h2-10,12,15-16,20H,11,13H2,1H3,(H,23,26). The number of esters is 1. The molecule has 4 atom stereocenters. The Hall–Kier alpha value is -2.60. The van der Waals surface area contributed by atoms with E-state index < -0.39 is 10.7 Å². The number of carbonyl (C=O) groups is 3. The summed E-state index contributed by atoms with van der Waals surface area (Å²) < 4.78 is 3.94. The van der Waals surface area contributed by atoms with Gasteiger partial charge in [0.05, 0.1) is 7.11 Å². The quantitative estimate of drug-likeness (QED) is 0.635. The van der Waals surface area contributed by atoms with Crippen molar-refractivity contribution in [3.8, 4) is 0 Å². The van der Waals surface area contributed by atoms with Crippen molar-refractivity contribution in [2.75, 3.05) is 18.2 Å². The fourth-order valence-electron chi connectivity index (χ4n) is 4.49. The summed E-state index contributed by atoms with van der Waals surface area (Å²) in [4.78, 5) is 37.5. The average molecular weight is 395 g/mol. The third-order valence-electron chi connectivity index (χ3n) is 5.78. The van der Waals surface area contributed by atoms with E-state index in [0.717, 1.165) is 23.1 Å². The van der Waals surface area contributed by atoms with E-state index in [9.17, 15) is 14.4 Å². The van der Waals surface area contributed by atoms with Gasteiger partial charge in [0.1, 0.15) is 11.0 Å². The highest BCUT2D eigenvalue weighted by atomic mass is 32.2. The largest absolute Gasteiger partial charge is 0.469 e. The van der Waals surface area contributed by atoms with E-state index in [1.165, 1.54) is 18.9 Å². The SMILES string of the molecule is COC(=O)CC1CSC2(C(=O)Nc3ccccc32)C(c2ccccc2)C1C=O. The van der Waals surface area contributed by atoms with Crippen LogP contribution in [0.2, 0.25) is 0 Å². The van der Waals surface area contributed by atoms with Crippen LogP contribution in [0, 0.1) is 11.8 Å². The van der Waals surface area contributed by atoms with E-state index in [4.69, 9.17) is 4.74 Å². The minimum absolute atomic E-state index is 0.101. The van der Waals surface area contributed by atoms with Crippen LogP contribution >= 0.6 is 11.8 Å². The molecule has 1 fully saturated rings. The lowest BCUT2D eigenvalue weighted by atomic mass is 9.68. The van der Waals surface area contributed by atoms with Gasteiger partial charge in [0, 0.05) is 29.5 Å². The zero-order valence-corrected chi connectivity index (χ0v) is 16.3. The van der Waals surface area contributed by atoms with Crippen molar-refractivity contribution in [3.05, 3.63) is 65.7 Å². The van der Waals surface area contributed by atoms with Crippen molar-refractivity contribution in [2.24, 2.45) is 11.8 Å². The van der Waals surface area contributed by atoms with Gasteiger partial charge in [-0.1, -0.05) is 48.5 Å². The van der Waals surface area contributed by atoms with E-state index in [0.29, 0.717) is 5.75 Å². The second-order valence-corrected chi connectivity index (χ2v) is 8.45. The third-order valence-corrected chi connectivity index (χ3v) is 7.49. The van der Waals surface area contributed by atoms with Crippen molar-refractivity contribution in [1.82, 2.24) is 0 Å². The van der Waals surface area contributed by atoms with Gasteiger partial charge < -0.3 is 14.8 Å². The first-order valence-electron chi connectivity index (χ1n) is 9.23. The summed E-state index contributed by atoms with van der Waals surface area (Å²) in [6.07, 6.45) is 1.08. The van der Waals surface area contributed by atoms with Crippen LogP contribution in [0.1, 0.15) is 23.5 Å². The molecule has 1 saturated heterocycles. The molecule has 5 nitrogen and oxygen atoms in total. The maximum Gasteiger partial charge on any atom is 0.305 e. The molecule has 1 spiro atoms. The monoisotopic (exact) mass is 395 g/mol. The Labute approximate surface area is 167 Å².